The molecule has 2 aromatic rings. The Balaban J connectivity index is 1.39. The fraction of sp³-hybridized carbons (Fsp3) is 0.261. The highest BCUT2D eigenvalue weighted by molar-refractivity contribution is 6.39. The molecule has 0 unspecified atom stereocenters. The molecule has 0 bridgehead atoms. The Kier molecular flexibility index (Phi) is 8.66. The number of anilines is 1. The van der Waals surface area contributed by atoms with E-state index in [2.05, 4.69) is 26.3 Å². The zero-order chi connectivity index (χ0) is 23.5. The van der Waals surface area contributed by atoms with Gasteiger partial charge in [0, 0.05) is 56.7 Å². The second kappa shape index (κ2) is 12.1. The van der Waals surface area contributed by atoms with E-state index in [0.29, 0.717) is 30.0 Å². The Morgan fingerprint density at radius 2 is 1.67 bits per heavy atom. The third-order valence-electron chi connectivity index (χ3n) is 4.82. The van der Waals surface area contributed by atoms with Crippen molar-refractivity contribution in [2.75, 3.05) is 44.6 Å². The Morgan fingerprint density at radius 3 is 2.36 bits per heavy atom. The summed E-state index contributed by atoms with van der Waals surface area (Å²) in [4.78, 5) is 54.0. The van der Waals surface area contributed by atoms with Crippen LogP contribution < -0.4 is 21.3 Å². The highest BCUT2D eigenvalue weighted by Gasteiger charge is 2.16. The zero-order valence-electron chi connectivity index (χ0n) is 18.0. The molecule has 4 amide bonds. The van der Waals surface area contributed by atoms with Gasteiger partial charge in [0.1, 0.15) is 0 Å². The van der Waals surface area contributed by atoms with Crippen molar-refractivity contribution in [2.45, 2.75) is 0 Å². The molecule has 1 aromatic carbocycles. The van der Waals surface area contributed by atoms with E-state index >= 15 is 0 Å². The number of piperazine rings is 1. The van der Waals surface area contributed by atoms with Crippen molar-refractivity contribution in [3.05, 3.63) is 66.0 Å². The monoisotopic (exact) mass is 450 g/mol. The average molecular weight is 450 g/mol. The Labute approximate surface area is 191 Å². The fourth-order valence-corrected chi connectivity index (χ4v) is 3.04. The predicted octanol–water partition coefficient (Wildman–Crippen LogP) is 0.647. The lowest BCUT2D eigenvalue weighted by Crippen LogP contribution is -2.51. The summed E-state index contributed by atoms with van der Waals surface area (Å²) < 4.78 is 0. The van der Waals surface area contributed by atoms with E-state index in [1.165, 1.54) is 6.08 Å². The van der Waals surface area contributed by atoms with E-state index in [1.54, 1.807) is 53.6 Å². The summed E-state index contributed by atoms with van der Waals surface area (Å²) >= 11 is 0. The highest BCUT2D eigenvalue weighted by atomic mass is 16.2. The molecule has 1 aliphatic heterocycles. The van der Waals surface area contributed by atoms with Crippen molar-refractivity contribution in [1.29, 1.82) is 0 Å². The number of nitrogens with zero attached hydrogens (tertiary/aromatic N) is 2. The van der Waals surface area contributed by atoms with Crippen molar-refractivity contribution in [3.63, 3.8) is 0 Å². The smallest absolute Gasteiger partial charge is 0.317 e. The zero-order valence-corrected chi connectivity index (χ0v) is 18.0. The number of nitrogens with one attached hydrogen (secondary N) is 4. The highest BCUT2D eigenvalue weighted by Crippen LogP contribution is 2.11. The summed E-state index contributed by atoms with van der Waals surface area (Å²) in [5.74, 6) is -1.86. The van der Waals surface area contributed by atoms with E-state index in [0.717, 1.165) is 13.1 Å². The molecule has 172 valence electrons. The maximum Gasteiger partial charge on any atom is 0.317 e. The first kappa shape index (κ1) is 23.6. The summed E-state index contributed by atoms with van der Waals surface area (Å²) in [5, 5.41) is 10.8. The molecular formula is C23H26N6O4. The SMILES string of the molecule is O=C(NCCNC(=O)N1CCNCC1)C(=O)Nc1ccc(C(=O)/C=C/c2ccccn2)cc1. The van der Waals surface area contributed by atoms with Crippen LogP contribution in [0.4, 0.5) is 10.5 Å². The molecular weight excluding hydrogens is 424 g/mol. The number of carbonyl (C=O) groups is 4. The lowest BCUT2D eigenvalue weighted by Gasteiger charge is -2.27. The molecule has 0 aliphatic carbocycles. The molecule has 10 nitrogen and oxygen atoms in total. The fourth-order valence-electron chi connectivity index (χ4n) is 3.04. The van der Waals surface area contributed by atoms with Crippen LogP contribution in [0.5, 0.6) is 0 Å². The van der Waals surface area contributed by atoms with Crippen molar-refractivity contribution in [3.8, 4) is 0 Å². The summed E-state index contributed by atoms with van der Waals surface area (Å²) in [6.45, 7) is 3.10. The van der Waals surface area contributed by atoms with Gasteiger partial charge >= 0.3 is 17.8 Å². The molecule has 0 radical (unpaired) electrons. The molecule has 1 aliphatic rings. The predicted molar refractivity (Wildman–Crippen MR) is 124 cm³/mol. The second-order valence-corrected chi connectivity index (χ2v) is 7.21. The normalized spacial score (nSPS) is 13.4. The van der Waals surface area contributed by atoms with Gasteiger partial charge in [-0.25, -0.2) is 4.79 Å². The first-order valence-electron chi connectivity index (χ1n) is 10.6. The number of carbonyl (C=O) groups excluding carboxylic acids is 4. The van der Waals surface area contributed by atoms with Crippen LogP contribution in [0.1, 0.15) is 16.1 Å². The molecule has 1 saturated heterocycles. The quantitative estimate of drug-likeness (QED) is 0.212. The topological polar surface area (TPSA) is 133 Å². The summed E-state index contributed by atoms with van der Waals surface area (Å²) in [6, 6.07) is 11.4. The van der Waals surface area contributed by atoms with Crippen LogP contribution in [-0.4, -0.2) is 72.8 Å². The van der Waals surface area contributed by atoms with Crippen molar-refractivity contribution in [2.24, 2.45) is 0 Å². The number of rotatable bonds is 7. The van der Waals surface area contributed by atoms with E-state index in [4.69, 9.17) is 0 Å². The van der Waals surface area contributed by atoms with Crippen LogP contribution in [0.25, 0.3) is 6.08 Å². The average Bonchev–Trinajstić information content (AvgIpc) is 2.86. The molecule has 33 heavy (non-hydrogen) atoms. The summed E-state index contributed by atoms with van der Waals surface area (Å²) in [5.41, 5.74) is 1.49. The molecule has 10 heteroatoms. The maximum atomic E-state index is 12.3. The summed E-state index contributed by atoms with van der Waals surface area (Å²) in [6.07, 6.45) is 4.68. The van der Waals surface area contributed by atoms with Crippen LogP contribution >= 0.6 is 0 Å². The third-order valence-corrected chi connectivity index (χ3v) is 4.82. The van der Waals surface area contributed by atoms with Gasteiger partial charge in [0.15, 0.2) is 5.78 Å². The minimum absolute atomic E-state index is 0.125. The standard InChI is InChI=1S/C23H26N6O4/c30-20(9-8-18-3-1-2-10-25-18)17-4-6-19(7-5-17)28-22(32)21(31)26-11-12-27-23(33)29-15-13-24-14-16-29/h1-10,24H,11-16H2,(H,26,31)(H,27,33)(H,28,32)/b9-8+. The third kappa shape index (κ3) is 7.54. The minimum Gasteiger partial charge on any atom is -0.346 e. The van der Waals surface area contributed by atoms with E-state index < -0.39 is 11.8 Å². The van der Waals surface area contributed by atoms with E-state index in [9.17, 15) is 19.2 Å². The number of amides is 4. The lowest BCUT2D eigenvalue weighted by atomic mass is 10.1. The van der Waals surface area contributed by atoms with Gasteiger partial charge in [-0.2, -0.15) is 0 Å². The van der Waals surface area contributed by atoms with Gasteiger partial charge < -0.3 is 26.2 Å². The van der Waals surface area contributed by atoms with Gasteiger partial charge in [-0.15, -0.1) is 0 Å². The molecule has 0 saturated carbocycles. The number of benzene rings is 1. The minimum atomic E-state index is -0.836. The largest absolute Gasteiger partial charge is 0.346 e. The van der Waals surface area contributed by atoms with E-state index in [-0.39, 0.29) is 24.9 Å². The van der Waals surface area contributed by atoms with Crippen LogP contribution in [0.3, 0.4) is 0 Å². The van der Waals surface area contributed by atoms with Gasteiger partial charge in [0.2, 0.25) is 0 Å². The van der Waals surface area contributed by atoms with Crippen molar-refractivity contribution >= 4 is 35.4 Å². The molecule has 4 N–H and O–H groups in total. The summed E-state index contributed by atoms with van der Waals surface area (Å²) in [7, 11) is 0. The van der Waals surface area contributed by atoms with Crippen LogP contribution in [0.15, 0.2) is 54.7 Å². The second-order valence-electron chi connectivity index (χ2n) is 7.21. The molecule has 0 atom stereocenters. The number of urea groups is 1. The van der Waals surface area contributed by atoms with Gasteiger partial charge in [0.05, 0.1) is 5.69 Å². The molecule has 2 heterocycles. The molecule has 3 rings (SSSR count). The first-order chi connectivity index (χ1) is 16.0. The molecule has 1 aromatic heterocycles. The number of aromatic nitrogens is 1. The Morgan fingerprint density at radius 1 is 0.939 bits per heavy atom. The van der Waals surface area contributed by atoms with Gasteiger partial charge in [-0.3, -0.25) is 19.4 Å². The number of hydrogen-bond donors (Lipinski definition) is 4. The van der Waals surface area contributed by atoms with Crippen LogP contribution in [0, 0.1) is 0 Å². The molecule has 0 spiro atoms. The van der Waals surface area contributed by atoms with E-state index in [1.807, 2.05) is 6.07 Å². The van der Waals surface area contributed by atoms with Gasteiger partial charge in [0.25, 0.3) is 0 Å². The maximum absolute atomic E-state index is 12.3. The first-order valence-corrected chi connectivity index (χ1v) is 10.6. The van der Waals surface area contributed by atoms with Crippen LogP contribution in [0.2, 0.25) is 0 Å². The van der Waals surface area contributed by atoms with Crippen molar-refractivity contribution < 1.29 is 19.2 Å². The lowest BCUT2D eigenvalue weighted by molar-refractivity contribution is -0.136. The number of ketones is 1. The number of allylic oxidation sites excluding steroid dienone is 1. The van der Waals surface area contributed by atoms with Gasteiger partial charge in [-0.05, 0) is 48.6 Å². The van der Waals surface area contributed by atoms with Crippen molar-refractivity contribution in [1.82, 2.24) is 25.8 Å². The molecule has 1 fully saturated rings. The van der Waals surface area contributed by atoms with Crippen LogP contribution in [-0.2, 0) is 9.59 Å². The number of pyridine rings is 1. The Hall–Kier alpha value is -4.05. The number of hydrogen-bond acceptors (Lipinski definition) is 6. The Bertz CT molecular complexity index is 1000. The van der Waals surface area contributed by atoms with Gasteiger partial charge in [-0.1, -0.05) is 6.07 Å².